The van der Waals surface area contributed by atoms with Gasteiger partial charge >= 0.3 is 0 Å². The molecular weight excluding hydrogens is 431 g/mol. The molecule has 132 valence electrons. The summed E-state index contributed by atoms with van der Waals surface area (Å²) in [6.45, 7) is 6.58. The lowest BCUT2D eigenvalue weighted by Crippen LogP contribution is -2.43. The summed E-state index contributed by atoms with van der Waals surface area (Å²) in [7, 11) is -1.26. The molecule has 0 spiro atoms. The molecule has 1 fully saturated rings. The van der Waals surface area contributed by atoms with Crippen molar-refractivity contribution in [3.8, 4) is 0 Å². The number of hydrogen-bond acceptors (Lipinski definition) is 5. The summed E-state index contributed by atoms with van der Waals surface area (Å²) in [6, 6.07) is -0.0918. The molecule has 0 aromatic carbocycles. The fraction of sp³-hybridized carbons (Fsp3) is 0.714. The Morgan fingerprint density at radius 2 is 2.17 bits per heavy atom. The second-order valence-corrected chi connectivity index (χ2v) is 8.77. The highest BCUT2D eigenvalue weighted by Crippen LogP contribution is 2.22. The van der Waals surface area contributed by atoms with Crippen molar-refractivity contribution < 1.29 is 12.8 Å². The Hall–Kier alpha value is -0.840. The van der Waals surface area contributed by atoms with Crippen molar-refractivity contribution in [3.05, 3.63) is 17.8 Å². The van der Waals surface area contributed by atoms with Gasteiger partial charge in [-0.05, 0) is 6.42 Å². The monoisotopic (exact) mass is 456 g/mol. The maximum absolute atomic E-state index is 11.5. The molecule has 1 saturated heterocycles. The van der Waals surface area contributed by atoms with Gasteiger partial charge in [0.15, 0.2) is 15.8 Å². The molecular formula is C14H25IN4O3S. The Morgan fingerprint density at radius 1 is 1.48 bits per heavy atom. The van der Waals surface area contributed by atoms with Crippen LogP contribution in [0.25, 0.3) is 0 Å². The number of aromatic nitrogens is 1. The van der Waals surface area contributed by atoms with Crippen LogP contribution in [0.4, 0.5) is 0 Å². The smallest absolute Gasteiger partial charge is 0.213 e. The molecule has 0 amide bonds. The molecule has 2 heterocycles. The lowest BCUT2D eigenvalue weighted by atomic mass is 9.94. The second-order valence-electron chi connectivity index (χ2n) is 6.54. The molecule has 7 nitrogen and oxygen atoms in total. The number of sulfone groups is 1. The summed E-state index contributed by atoms with van der Waals surface area (Å²) >= 11 is 0. The molecule has 9 heteroatoms. The first-order chi connectivity index (χ1) is 10.2. The molecule has 2 N–H and O–H groups in total. The molecule has 1 aromatic rings. The minimum atomic E-state index is -2.91. The van der Waals surface area contributed by atoms with E-state index in [4.69, 9.17) is 4.42 Å². The van der Waals surface area contributed by atoms with Gasteiger partial charge in [0.25, 0.3) is 0 Å². The van der Waals surface area contributed by atoms with Crippen LogP contribution in [0.15, 0.2) is 15.6 Å². The van der Waals surface area contributed by atoms with Crippen LogP contribution < -0.4 is 10.6 Å². The van der Waals surface area contributed by atoms with Crippen LogP contribution in [0.3, 0.4) is 0 Å². The third kappa shape index (κ3) is 5.94. The van der Waals surface area contributed by atoms with E-state index in [2.05, 4.69) is 41.4 Å². The minimum absolute atomic E-state index is 0. The standard InChI is InChI=1S/C14H24N4O3S.HI/c1-14(2,3)11-7-16-12(21-11)8-17-13(15-4)18-10-5-6-22(19,20)9-10;/h7,10H,5-6,8-9H2,1-4H3,(H2,15,17,18);1H. The number of halogens is 1. The zero-order chi connectivity index (χ0) is 16.4. The van der Waals surface area contributed by atoms with Gasteiger partial charge in [-0.3, -0.25) is 4.99 Å². The average Bonchev–Trinajstić information content (AvgIpc) is 3.00. The van der Waals surface area contributed by atoms with Gasteiger partial charge in [0.1, 0.15) is 5.76 Å². The zero-order valence-electron chi connectivity index (χ0n) is 13.9. The Morgan fingerprint density at radius 3 is 2.65 bits per heavy atom. The largest absolute Gasteiger partial charge is 0.443 e. The highest BCUT2D eigenvalue weighted by molar-refractivity contribution is 14.0. The topological polar surface area (TPSA) is 96.6 Å². The number of aliphatic imine (C=N–C) groups is 1. The molecule has 1 unspecified atom stereocenters. The number of nitrogens with one attached hydrogen (secondary N) is 2. The van der Waals surface area contributed by atoms with Gasteiger partial charge in [-0.15, -0.1) is 24.0 Å². The van der Waals surface area contributed by atoms with Gasteiger partial charge in [0.2, 0.25) is 5.89 Å². The zero-order valence-corrected chi connectivity index (χ0v) is 17.1. The fourth-order valence-electron chi connectivity index (χ4n) is 2.19. The molecule has 0 saturated carbocycles. The number of nitrogens with zero attached hydrogens (tertiary/aromatic N) is 2. The fourth-order valence-corrected chi connectivity index (χ4v) is 3.87. The molecule has 1 aromatic heterocycles. The Balaban J connectivity index is 0.00000264. The van der Waals surface area contributed by atoms with Crippen molar-refractivity contribution >= 4 is 39.8 Å². The molecule has 1 aliphatic rings. The SMILES string of the molecule is CN=C(NCc1ncc(C(C)(C)C)o1)NC1CCS(=O)(=O)C1.I. The van der Waals surface area contributed by atoms with Crippen LogP contribution in [0.5, 0.6) is 0 Å². The van der Waals surface area contributed by atoms with E-state index in [9.17, 15) is 8.42 Å². The van der Waals surface area contributed by atoms with Crippen molar-refractivity contribution in [1.82, 2.24) is 15.6 Å². The summed E-state index contributed by atoms with van der Waals surface area (Å²) in [4.78, 5) is 8.34. The summed E-state index contributed by atoms with van der Waals surface area (Å²) in [5.41, 5.74) is -0.0800. The van der Waals surface area contributed by atoms with Crippen LogP contribution in [0, 0.1) is 0 Å². The molecule has 0 bridgehead atoms. The molecule has 0 aliphatic carbocycles. The molecule has 0 radical (unpaired) electrons. The van der Waals surface area contributed by atoms with Crippen LogP contribution in [-0.4, -0.2) is 44.0 Å². The van der Waals surface area contributed by atoms with Crippen molar-refractivity contribution in [2.75, 3.05) is 18.6 Å². The first kappa shape index (κ1) is 20.2. The molecule has 23 heavy (non-hydrogen) atoms. The van der Waals surface area contributed by atoms with Crippen molar-refractivity contribution in [1.29, 1.82) is 0 Å². The van der Waals surface area contributed by atoms with Gasteiger partial charge in [0, 0.05) is 18.5 Å². The lowest BCUT2D eigenvalue weighted by Gasteiger charge is -2.15. The quantitative estimate of drug-likeness (QED) is 0.406. The Kier molecular flexibility index (Phi) is 6.87. The van der Waals surface area contributed by atoms with Gasteiger partial charge in [-0.2, -0.15) is 0 Å². The first-order valence-corrected chi connectivity index (χ1v) is 9.14. The molecule has 1 atom stereocenters. The predicted molar refractivity (Wildman–Crippen MR) is 101 cm³/mol. The molecule has 2 rings (SSSR count). The van der Waals surface area contributed by atoms with E-state index in [0.29, 0.717) is 24.8 Å². The normalized spacial score (nSPS) is 20.9. The van der Waals surface area contributed by atoms with Crippen molar-refractivity contribution in [2.24, 2.45) is 4.99 Å². The van der Waals surface area contributed by atoms with Crippen LogP contribution in [0.1, 0.15) is 38.8 Å². The van der Waals surface area contributed by atoms with E-state index in [-0.39, 0.29) is 46.9 Å². The number of hydrogen-bond donors (Lipinski definition) is 2. The van der Waals surface area contributed by atoms with E-state index in [0.717, 1.165) is 5.76 Å². The predicted octanol–water partition coefficient (Wildman–Crippen LogP) is 1.44. The Bertz CT molecular complexity index is 649. The van der Waals surface area contributed by atoms with Gasteiger partial charge in [-0.1, -0.05) is 20.8 Å². The summed E-state index contributed by atoms with van der Waals surface area (Å²) in [6.07, 6.45) is 2.34. The lowest BCUT2D eigenvalue weighted by molar-refractivity contribution is 0.379. The number of guanidine groups is 1. The second kappa shape index (κ2) is 7.82. The summed E-state index contributed by atoms with van der Waals surface area (Å²) in [5, 5.41) is 6.21. The third-order valence-electron chi connectivity index (χ3n) is 3.50. The van der Waals surface area contributed by atoms with Crippen LogP contribution in [0.2, 0.25) is 0 Å². The first-order valence-electron chi connectivity index (χ1n) is 7.32. The van der Waals surface area contributed by atoms with Gasteiger partial charge < -0.3 is 15.1 Å². The van der Waals surface area contributed by atoms with E-state index < -0.39 is 9.84 Å². The third-order valence-corrected chi connectivity index (χ3v) is 5.26. The molecule has 1 aliphatic heterocycles. The highest BCUT2D eigenvalue weighted by atomic mass is 127. The number of oxazole rings is 1. The van der Waals surface area contributed by atoms with Crippen molar-refractivity contribution in [2.45, 2.75) is 45.2 Å². The van der Waals surface area contributed by atoms with Crippen molar-refractivity contribution in [3.63, 3.8) is 0 Å². The van der Waals surface area contributed by atoms with Crippen LogP contribution >= 0.6 is 24.0 Å². The highest BCUT2D eigenvalue weighted by Gasteiger charge is 2.28. The number of rotatable bonds is 3. The van der Waals surface area contributed by atoms with E-state index in [1.165, 1.54) is 0 Å². The van der Waals surface area contributed by atoms with E-state index in [1.54, 1.807) is 13.2 Å². The minimum Gasteiger partial charge on any atom is -0.443 e. The van der Waals surface area contributed by atoms with Crippen LogP contribution in [-0.2, 0) is 21.8 Å². The van der Waals surface area contributed by atoms with Gasteiger partial charge in [-0.25, -0.2) is 13.4 Å². The summed E-state index contributed by atoms with van der Waals surface area (Å²) < 4.78 is 28.6. The average molecular weight is 456 g/mol. The maximum Gasteiger partial charge on any atom is 0.213 e. The Labute approximate surface area is 154 Å². The maximum atomic E-state index is 11.5. The van der Waals surface area contributed by atoms with Gasteiger partial charge in [0.05, 0.1) is 24.2 Å². The van der Waals surface area contributed by atoms with E-state index in [1.807, 2.05) is 0 Å². The summed E-state index contributed by atoms with van der Waals surface area (Å²) in [5.74, 6) is 2.34. The van der Waals surface area contributed by atoms with E-state index >= 15 is 0 Å².